The van der Waals surface area contributed by atoms with Crippen molar-refractivity contribution in [2.75, 3.05) is 0 Å². The summed E-state index contributed by atoms with van der Waals surface area (Å²) in [5, 5.41) is 30.4. The summed E-state index contributed by atoms with van der Waals surface area (Å²) in [6.07, 6.45) is 12.4. The van der Waals surface area contributed by atoms with Gasteiger partial charge in [0.2, 0.25) is 0 Å². The molecule has 30 heavy (non-hydrogen) atoms. The molecule has 3 fully saturated rings. The van der Waals surface area contributed by atoms with Gasteiger partial charge in [-0.3, -0.25) is 0 Å². The van der Waals surface area contributed by atoms with Crippen molar-refractivity contribution in [3.8, 4) is 0 Å². The van der Waals surface area contributed by atoms with Crippen molar-refractivity contribution in [2.24, 2.45) is 29.1 Å². The van der Waals surface area contributed by atoms with E-state index in [-0.39, 0.29) is 6.10 Å². The first-order valence-corrected chi connectivity index (χ1v) is 12.3. The Bertz CT molecular complexity index is 676. The third-order valence-corrected chi connectivity index (χ3v) is 8.68. The van der Waals surface area contributed by atoms with Crippen LogP contribution in [0, 0.1) is 29.1 Å². The molecule has 0 unspecified atom stereocenters. The van der Waals surface area contributed by atoms with Crippen molar-refractivity contribution in [1.82, 2.24) is 0 Å². The predicted molar refractivity (Wildman–Crippen MR) is 124 cm³/mol. The zero-order valence-corrected chi connectivity index (χ0v) is 19.6. The maximum Gasteiger partial charge on any atom is 0.0811 e. The molecule has 0 aromatic heterocycles. The number of rotatable bonds is 6. The second-order valence-electron chi connectivity index (χ2n) is 11.0. The lowest BCUT2D eigenvalue weighted by molar-refractivity contribution is 0.0717. The van der Waals surface area contributed by atoms with E-state index in [9.17, 15) is 15.3 Å². The van der Waals surface area contributed by atoms with Gasteiger partial charge in [-0.1, -0.05) is 52.0 Å². The summed E-state index contributed by atoms with van der Waals surface area (Å²) < 4.78 is 0. The van der Waals surface area contributed by atoms with Crippen molar-refractivity contribution >= 4 is 0 Å². The van der Waals surface area contributed by atoms with Gasteiger partial charge < -0.3 is 15.3 Å². The molecule has 0 radical (unpaired) electrons. The van der Waals surface area contributed by atoms with Crippen LogP contribution in [0.4, 0.5) is 0 Å². The Morgan fingerprint density at radius 2 is 1.87 bits per heavy atom. The number of aliphatic hydroxyl groups is 3. The Morgan fingerprint density at radius 3 is 2.57 bits per heavy atom. The highest BCUT2D eigenvalue weighted by Crippen LogP contribution is 2.60. The van der Waals surface area contributed by atoms with Crippen molar-refractivity contribution in [1.29, 1.82) is 0 Å². The van der Waals surface area contributed by atoms with Crippen LogP contribution in [0.1, 0.15) is 85.5 Å². The highest BCUT2D eigenvalue weighted by molar-refractivity contribution is 5.38. The molecule has 3 N–H and O–H groups in total. The zero-order valence-electron chi connectivity index (χ0n) is 19.6. The van der Waals surface area contributed by atoms with Gasteiger partial charge in [0.15, 0.2) is 0 Å². The van der Waals surface area contributed by atoms with Crippen molar-refractivity contribution < 1.29 is 15.3 Å². The summed E-state index contributed by atoms with van der Waals surface area (Å²) in [4.78, 5) is 0. The average Bonchev–Trinajstić information content (AvgIpc) is 3.04. The molecule has 0 aromatic rings. The molecule has 0 amide bonds. The second-order valence-corrected chi connectivity index (χ2v) is 11.0. The molecule has 3 saturated carbocycles. The van der Waals surface area contributed by atoms with Crippen LogP contribution in [0.3, 0.4) is 0 Å². The van der Waals surface area contributed by atoms with Crippen LogP contribution in [0.15, 0.2) is 35.5 Å². The van der Waals surface area contributed by atoms with Crippen molar-refractivity contribution in [3.63, 3.8) is 0 Å². The summed E-state index contributed by atoms with van der Waals surface area (Å²) in [5.74, 6) is 2.35. The van der Waals surface area contributed by atoms with Crippen LogP contribution >= 0.6 is 0 Å². The number of hydrogen-bond acceptors (Lipinski definition) is 3. The summed E-state index contributed by atoms with van der Waals surface area (Å²) in [5.41, 5.74) is 3.69. The van der Waals surface area contributed by atoms with Crippen LogP contribution in [0.2, 0.25) is 0 Å². The van der Waals surface area contributed by atoms with Crippen molar-refractivity contribution in [3.05, 3.63) is 35.5 Å². The predicted octanol–water partition coefficient (Wildman–Crippen LogP) is 5.56. The largest absolute Gasteiger partial charge is 0.393 e. The molecular weight excluding hydrogens is 372 g/mol. The fourth-order valence-electron chi connectivity index (χ4n) is 6.65. The molecule has 3 nitrogen and oxygen atoms in total. The summed E-state index contributed by atoms with van der Waals surface area (Å²) in [7, 11) is 0. The van der Waals surface area contributed by atoms with Crippen LogP contribution in [-0.2, 0) is 0 Å². The first kappa shape index (κ1) is 23.8. The van der Waals surface area contributed by atoms with Gasteiger partial charge in [-0.05, 0) is 91.6 Å². The van der Waals surface area contributed by atoms with Gasteiger partial charge in [0.25, 0.3) is 0 Å². The van der Waals surface area contributed by atoms with Crippen LogP contribution < -0.4 is 0 Å². The van der Waals surface area contributed by atoms with Crippen LogP contribution in [-0.4, -0.2) is 33.6 Å². The third kappa shape index (κ3) is 4.95. The Kier molecular flexibility index (Phi) is 7.69. The van der Waals surface area contributed by atoms with Gasteiger partial charge >= 0.3 is 0 Å². The molecule has 0 aliphatic heterocycles. The van der Waals surface area contributed by atoms with Gasteiger partial charge in [-0.2, -0.15) is 0 Å². The molecule has 3 aliphatic rings. The second kappa shape index (κ2) is 9.71. The van der Waals surface area contributed by atoms with Gasteiger partial charge in [0, 0.05) is 6.42 Å². The smallest absolute Gasteiger partial charge is 0.0811 e. The monoisotopic (exact) mass is 416 g/mol. The summed E-state index contributed by atoms with van der Waals surface area (Å²) in [6.45, 7) is 13.2. The molecule has 3 heteroatoms. The lowest BCUT2D eigenvalue weighted by Gasteiger charge is -2.44. The maximum absolute atomic E-state index is 10.3. The summed E-state index contributed by atoms with van der Waals surface area (Å²) in [6, 6.07) is 0. The van der Waals surface area contributed by atoms with Crippen molar-refractivity contribution in [2.45, 2.75) is 104 Å². The minimum atomic E-state index is -0.618. The van der Waals surface area contributed by atoms with Crippen LogP contribution in [0.5, 0.6) is 0 Å². The van der Waals surface area contributed by atoms with E-state index in [1.165, 1.54) is 25.7 Å². The van der Waals surface area contributed by atoms with Gasteiger partial charge in [-0.25, -0.2) is 0 Å². The molecule has 170 valence electrons. The molecule has 0 saturated heterocycles. The van der Waals surface area contributed by atoms with Crippen LogP contribution in [0.25, 0.3) is 0 Å². The van der Waals surface area contributed by atoms with Gasteiger partial charge in [0.1, 0.15) is 0 Å². The van der Waals surface area contributed by atoms with E-state index in [0.717, 1.165) is 36.3 Å². The minimum absolute atomic E-state index is 0.180. The Labute approximate surface area is 184 Å². The van der Waals surface area contributed by atoms with E-state index in [4.69, 9.17) is 0 Å². The Morgan fingerprint density at radius 1 is 1.13 bits per heavy atom. The average molecular weight is 417 g/mol. The van der Waals surface area contributed by atoms with E-state index in [1.807, 2.05) is 0 Å². The molecular formula is C27H44O3. The van der Waals surface area contributed by atoms with Gasteiger partial charge in [0.05, 0.1) is 18.3 Å². The molecule has 3 aliphatic carbocycles. The molecule has 0 aromatic carbocycles. The molecule has 0 spiro atoms. The lowest BCUT2D eigenvalue weighted by Crippen LogP contribution is -2.36. The Balaban J connectivity index is 1.72. The first-order chi connectivity index (χ1) is 14.1. The van der Waals surface area contributed by atoms with E-state index in [2.05, 4.69) is 46.4 Å². The standard InChI is InChI=1S/C27H44O3/c1-17(2)25(29)13-8-18(3)23-11-12-24-20(7-6-14-27(23,24)5)9-10-21-15-22(28)16-26(30)19(21)4/h9-10,17-18,22-26,28-30H,4,6-8,11-16H2,1-3,5H3/b20-9+,21-10+/t18-,22-,23-,24+,25+,26+,27-/m1/s1. The lowest BCUT2D eigenvalue weighted by atomic mass is 9.60. The fourth-order valence-corrected chi connectivity index (χ4v) is 6.65. The molecule has 0 heterocycles. The SMILES string of the molecule is C=C1/C(=C/C=C2\CCC[C@]3(C)[C@@H]([C@H](C)CC[C@H](O)C(C)C)CC[C@@H]23)C[C@@H](O)C[C@@H]1O. The topological polar surface area (TPSA) is 60.7 Å². The maximum atomic E-state index is 10.3. The molecule has 7 atom stereocenters. The third-order valence-electron chi connectivity index (χ3n) is 8.68. The minimum Gasteiger partial charge on any atom is -0.393 e. The van der Waals surface area contributed by atoms with Gasteiger partial charge in [-0.15, -0.1) is 0 Å². The highest BCUT2D eigenvalue weighted by Gasteiger charge is 2.50. The van der Waals surface area contributed by atoms with E-state index in [0.29, 0.717) is 36.0 Å². The first-order valence-electron chi connectivity index (χ1n) is 12.3. The Hall–Kier alpha value is -0.900. The normalized spacial score (nSPS) is 39.5. The number of hydrogen-bond donors (Lipinski definition) is 3. The highest BCUT2D eigenvalue weighted by atomic mass is 16.3. The van der Waals surface area contributed by atoms with E-state index in [1.54, 1.807) is 5.57 Å². The van der Waals surface area contributed by atoms with E-state index < -0.39 is 12.2 Å². The molecule has 3 rings (SSSR count). The zero-order chi connectivity index (χ0) is 22.1. The number of allylic oxidation sites excluding steroid dienone is 3. The molecule has 0 bridgehead atoms. The fraction of sp³-hybridized carbons (Fsp3) is 0.778. The summed E-state index contributed by atoms with van der Waals surface area (Å²) >= 11 is 0. The number of aliphatic hydroxyl groups excluding tert-OH is 3. The quantitative estimate of drug-likeness (QED) is 0.531. The number of fused-ring (bicyclic) bond motifs is 1. The van der Waals surface area contributed by atoms with E-state index >= 15 is 0 Å².